The quantitative estimate of drug-likeness (QED) is 0.512. The van der Waals surface area contributed by atoms with Crippen molar-refractivity contribution in [3.8, 4) is 6.07 Å². The molecule has 0 unspecified atom stereocenters. The fourth-order valence-corrected chi connectivity index (χ4v) is 1.71. The first-order valence-electron chi connectivity index (χ1n) is 6.25. The summed E-state index contributed by atoms with van der Waals surface area (Å²) in [6.07, 6.45) is 3.30. The Morgan fingerprint density at radius 1 is 1.40 bits per heavy atom. The topological polar surface area (TPSA) is 79.2 Å². The van der Waals surface area contributed by atoms with E-state index in [4.69, 9.17) is 5.26 Å². The highest BCUT2D eigenvalue weighted by molar-refractivity contribution is 6.03. The highest BCUT2D eigenvalue weighted by atomic mass is 16.5. The minimum absolute atomic E-state index is 0.0201. The number of methoxy groups -OCH3 is 1. The molecule has 1 aliphatic rings. The van der Waals surface area contributed by atoms with Gasteiger partial charge in [0.1, 0.15) is 11.6 Å². The molecule has 1 amide bonds. The van der Waals surface area contributed by atoms with Crippen LogP contribution in [0.25, 0.3) is 6.08 Å². The highest BCUT2D eigenvalue weighted by Crippen LogP contribution is 2.20. The molecule has 0 atom stereocenters. The average Bonchev–Trinajstić information content (AvgIpc) is 3.28. The van der Waals surface area contributed by atoms with E-state index in [9.17, 15) is 9.59 Å². The average molecular weight is 270 g/mol. The van der Waals surface area contributed by atoms with Crippen LogP contribution in [0.3, 0.4) is 0 Å². The summed E-state index contributed by atoms with van der Waals surface area (Å²) in [6.45, 7) is 0. The third kappa shape index (κ3) is 3.23. The van der Waals surface area contributed by atoms with Gasteiger partial charge >= 0.3 is 5.97 Å². The summed E-state index contributed by atoms with van der Waals surface area (Å²) in [6, 6.07) is 8.71. The molecule has 2 rings (SSSR count). The number of nitriles is 1. The van der Waals surface area contributed by atoms with Crippen LogP contribution in [0.1, 0.15) is 28.8 Å². The number of esters is 1. The van der Waals surface area contributed by atoms with Crippen LogP contribution >= 0.6 is 0 Å². The van der Waals surface area contributed by atoms with Gasteiger partial charge in [-0.3, -0.25) is 4.79 Å². The van der Waals surface area contributed by atoms with Gasteiger partial charge in [-0.05, 0) is 30.5 Å². The smallest absolute Gasteiger partial charge is 0.338 e. The second-order valence-corrected chi connectivity index (χ2v) is 4.50. The van der Waals surface area contributed by atoms with Crippen molar-refractivity contribution in [3.05, 3.63) is 41.0 Å². The van der Waals surface area contributed by atoms with E-state index in [2.05, 4.69) is 10.1 Å². The second kappa shape index (κ2) is 6.02. The number of carbonyl (C=O) groups excluding carboxylic acids is 2. The van der Waals surface area contributed by atoms with Gasteiger partial charge in [-0.15, -0.1) is 0 Å². The van der Waals surface area contributed by atoms with Gasteiger partial charge in [0.05, 0.1) is 12.7 Å². The summed E-state index contributed by atoms with van der Waals surface area (Å²) in [7, 11) is 1.29. The van der Waals surface area contributed by atoms with E-state index in [1.165, 1.54) is 13.2 Å². The van der Waals surface area contributed by atoms with Crippen LogP contribution in [-0.4, -0.2) is 25.0 Å². The first-order valence-corrected chi connectivity index (χ1v) is 6.25. The van der Waals surface area contributed by atoms with Gasteiger partial charge in [-0.25, -0.2) is 4.79 Å². The normalized spacial score (nSPS) is 14.3. The maximum atomic E-state index is 11.9. The zero-order valence-corrected chi connectivity index (χ0v) is 11.1. The Kier molecular flexibility index (Phi) is 4.16. The minimum Gasteiger partial charge on any atom is -0.465 e. The van der Waals surface area contributed by atoms with Crippen molar-refractivity contribution in [1.29, 1.82) is 5.26 Å². The molecule has 0 radical (unpaired) electrons. The van der Waals surface area contributed by atoms with Gasteiger partial charge in [-0.2, -0.15) is 5.26 Å². The fraction of sp³-hybridized carbons (Fsp3) is 0.267. The largest absolute Gasteiger partial charge is 0.465 e. The van der Waals surface area contributed by atoms with E-state index >= 15 is 0 Å². The number of rotatable bonds is 4. The Morgan fingerprint density at radius 3 is 2.70 bits per heavy atom. The van der Waals surface area contributed by atoms with E-state index in [0.717, 1.165) is 12.8 Å². The fourth-order valence-electron chi connectivity index (χ4n) is 1.71. The number of benzene rings is 1. The molecule has 1 aromatic rings. The van der Waals surface area contributed by atoms with Crippen molar-refractivity contribution in [2.24, 2.45) is 0 Å². The van der Waals surface area contributed by atoms with Crippen molar-refractivity contribution in [1.82, 2.24) is 5.32 Å². The Hall–Kier alpha value is -2.61. The Bertz CT molecular complexity index is 610. The molecule has 1 N–H and O–H groups in total. The molecule has 0 heterocycles. The number of nitrogens with one attached hydrogen (secondary N) is 1. The zero-order valence-electron chi connectivity index (χ0n) is 11.1. The standard InChI is InChI=1S/C15H14N2O3/c1-20-15(19)13-5-3-2-4-10(13)8-11(9-16)14(18)17-12-6-7-12/h2-5,8,12H,6-7H2,1H3,(H,17,18)/b11-8+. The summed E-state index contributed by atoms with van der Waals surface area (Å²) < 4.78 is 4.68. The molecule has 0 spiro atoms. The maximum absolute atomic E-state index is 11.9. The van der Waals surface area contributed by atoms with E-state index in [0.29, 0.717) is 11.1 Å². The van der Waals surface area contributed by atoms with Crippen LogP contribution in [0.2, 0.25) is 0 Å². The van der Waals surface area contributed by atoms with Crippen LogP contribution < -0.4 is 5.32 Å². The molecular formula is C15H14N2O3. The molecule has 102 valence electrons. The van der Waals surface area contributed by atoms with Crippen LogP contribution in [0, 0.1) is 11.3 Å². The Labute approximate surface area is 116 Å². The predicted molar refractivity (Wildman–Crippen MR) is 72.5 cm³/mol. The highest BCUT2D eigenvalue weighted by Gasteiger charge is 2.25. The van der Waals surface area contributed by atoms with Gasteiger partial charge in [0.25, 0.3) is 5.91 Å². The van der Waals surface area contributed by atoms with Crippen LogP contribution in [0.4, 0.5) is 0 Å². The zero-order chi connectivity index (χ0) is 14.5. The minimum atomic E-state index is -0.503. The molecule has 1 aromatic carbocycles. The SMILES string of the molecule is COC(=O)c1ccccc1/C=C(\C#N)C(=O)NC1CC1. The van der Waals surface area contributed by atoms with Crippen molar-refractivity contribution in [3.63, 3.8) is 0 Å². The molecular weight excluding hydrogens is 256 g/mol. The van der Waals surface area contributed by atoms with Gasteiger partial charge < -0.3 is 10.1 Å². The summed E-state index contributed by atoms with van der Waals surface area (Å²) in [4.78, 5) is 23.5. The number of hydrogen-bond donors (Lipinski definition) is 1. The summed E-state index contributed by atoms with van der Waals surface area (Å²) in [5.41, 5.74) is 0.789. The Morgan fingerprint density at radius 2 is 2.10 bits per heavy atom. The van der Waals surface area contributed by atoms with Crippen molar-refractivity contribution in [2.75, 3.05) is 7.11 Å². The molecule has 0 aromatic heterocycles. The number of nitrogens with zero attached hydrogens (tertiary/aromatic N) is 1. The lowest BCUT2D eigenvalue weighted by Crippen LogP contribution is -2.26. The van der Waals surface area contributed by atoms with E-state index in [1.807, 2.05) is 6.07 Å². The van der Waals surface area contributed by atoms with Crippen molar-refractivity contribution < 1.29 is 14.3 Å². The predicted octanol–water partition coefficient (Wildman–Crippen LogP) is 1.66. The molecule has 5 heteroatoms. The number of ether oxygens (including phenoxy) is 1. The molecule has 0 aliphatic heterocycles. The van der Waals surface area contributed by atoms with E-state index < -0.39 is 11.9 Å². The molecule has 0 saturated heterocycles. The lowest BCUT2D eigenvalue weighted by molar-refractivity contribution is -0.117. The molecule has 0 bridgehead atoms. The van der Waals surface area contributed by atoms with E-state index in [1.54, 1.807) is 24.3 Å². The number of amides is 1. The van der Waals surface area contributed by atoms with Gasteiger partial charge in [0.2, 0.25) is 0 Å². The molecule has 1 aliphatic carbocycles. The molecule has 1 fully saturated rings. The second-order valence-electron chi connectivity index (χ2n) is 4.50. The van der Waals surface area contributed by atoms with Crippen LogP contribution in [0.5, 0.6) is 0 Å². The third-order valence-electron chi connectivity index (χ3n) is 2.94. The molecule has 1 saturated carbocycles. The summed E-state index contributed by atoms with van der Waals surface area (Å²) >= 11 is 0. The third-order valence-corrected chi connectivity index (χ3v) is 2.94. The van der Waals surface area contributed by atoms with Crippen molar-refractivity contribution in [2.45, 2.75) is 18.9 Å². The lowest BCUT2D eigenvalue weighted by atomic mass is 10.0. The van der Waals surface area contributed by atoms with Gasteiger partial charge in [0, 0.05) is 6.04 Å². The molecule has 20 heavy (non-hydrogen) atoms. The van der Waals surface area contributed by atoms with Crippen molar-refractivity contribution >= 4 is 18.0 Å². The number of carbonyl (C=O) groups is 2. The number of hydrogen-bond acceptors (Lipinski definition) is 4. The van der Waals surface area contributed by atoms with Gasteiger partial charge in [0.15, 0.2) is 0 Å². The summed E-state index contributed by atoms with van der Waals surface area (Å²) in [5, 5.41) is 11.8. The lowest BCUT2D eigenvalue weighted by Gasteiger charge is -2.05. The van der Waals surface area contributed by atoms with E-state index in [-0.39, 0.29) is 11.6 Å². The molecule has 5 nitrogen and oxygen atoms in total. The Balaban J connectivity index is 2.29. The van der Waals surface area contributed by atoms with Crippen LogP contribution in [0.15, 0.2) is 29.8 Å². The summed E-state index contributed by atoms with van der Waals surface area (Å²) in [5.74, 6) is -0.911. The first-order chi connectivity index (χ1) is 9.65. The van der Waals surface area contributed by atoms with Crippen LogP contribution in [-0.2, 0) is 9.53 Å². The maximum Gasteiger partial charge on any atom is 0.338 e. The first kappa shape index (κ1) is 13.8. The monoisotopic (exact) mass is 270 g/mol. The van der Waals surface area contributed by atoms with Gasteiger partial charge in [-0.1, -0.05) is 18.2 Å².